The van der Waals surface area contributed by atoms with Crippen molar-refractivity contribution in [1.29, 1.82) is 0 Å². The number of methoxy groups -OCH3 is 1. The van der Waals surface area contributed by atoms with Gasteiger partial charge in [-0.15, -0.1) is 0 Å². The van der Waals surface area contributed by atoms with Crippen LogP contribution in [-0.2, 0) is 11.2 Å². The molecule has 1 aliphatic rings. The van der Waals surface area contributed by atoms with E-state index in [1.807, 2.05) is 28.9 Å². The largest absolute Gasteiger partial charge is 0.497 e. The molecule has 6 nitrogen and oxygen atoms in total. The van der Waals surface area contributed by atoms with Crippen LogP contribution in [0.1, 0.15) is 42.2 Å². The zero-order chi connectivity index (χ0) is 17.6. The summed E-state index contributed by atoms with van der Waals surface area (Å²) in [4.78, 5) is 12.6. The van der Waals surface area contributed by atoms with Gasteiger partial charge in [0.15, 0.2) is 0 Å². The number of amides is 1. The van der Waals surface area contributed by atoms with Gasteiger partial charge >= 0.3 is 0 Å². The molecule has 1 atom stereocenters. The number of hydrogen-bond donors (Lipinski definition) is 1. The number of carbonyl (C=O) groups is 1. The third kappa shape index (κ3) is 4.02. The van der Waals surface area contributed by atoms with Gasteiger partial charge in [-0.1, -0.05) is 13.3 Å². The number of nitrogens with one attached hydrogen (secondary N) is 1. The molecular formula is C19H25N3O3. The van der Waals surface area contributed by atoms with Crippen molar-refractivity contribution in [2.45, 2.75) is 38.7 Å². The van der Waals surface area contributed by atoms with Crippen molar-refractivity contribution in [3.05, 3.63) is 41.7 Å². The molecule has 0 bridgehead atoms. The maximum absolute atomic E-state index is 12.6. The average molecular weight is 343 g/mol. The van der Waals surface area contributed by atoms with Crippen molar-refractivity contribution >= 4 is 5.91 Å². The molecule has 1 aromatic carbocycles. The fraction of sp³-hybridized carbons (Fsp3) is 0.474. The van der Waals surface area contributed by atoms with Crippen molar-refractivity contribution in [2.24, 2.45) is 0 Å². The van der Waals surface area contributed by atoms with Gasteiger partial charge in [-0.2, -0.15) is 5.10 Å². The van der Waals surface area contributed by atoms with Crippen molar-refractivity contribution in [2.75, 3.05) is 20.3 Å². The third-order valence-corrected chi connectivity index (χ3v) is 4.43. The van der Waals surface area contributed by atoms with Gasteiger partial charge in [0.25, 0.3) is 5.91 Å². The van der Waals surface area contributed by atoms with Gasteiger partial charge in [-0.05, 0) is 43.5 Å². The van der Waals surface area contributed by atoms with Gasteiger partial charge < -0.3 is 14.8 Å². The Balaban J connectivity index is 1.79. The van der Waals surface area contributed by atoms with E-state index < -0.39 is 0 Å². The Morgan fingerprint density at radius 2 is 2.20 bits per heavy atom. The molecule has 1 amide bonds. The molecular weight excluding hydrogens is 318 g/mol. The molecule has 134 valence electrons. The lowest BCUT2D eigenvalue weighted by Crippen LogP contribution is -2.32. The van der Waals surface area contributed by atoms with E-state index >= 15 is 0 Å². The monoisotopic (exact) mass is 343 g/mol. The van der Waals surface area contributed by atoms with Gasteiger partial charge in [-0.3, -0.25) is 4.79 Å². The summed E-state index contributed by atoms with van der Waals surface area (Å²) in [5.74, 6) is 0.709. The van der Waals surface area contributed by atoms with Gasteiger partial charge in [-0.25, -0.2) is 4.68 Å². The average Bonchev–Trinajstić information content (AvgIpc) is 3.30. The molecule has 2 heterocycles. The summed E-state index contributed by atoms with van der Waals surface area (Å²) in [6, 6.07) is 7.67. The van der Waals surface area contributed by atoms with E-state index in [2.05, 4.69) is 17.3 Å². The van der Waals surface area contributed by atoms with E-state index in [-0.39, 0.29) is 12.0 Å². The van der Waals surface area contributed by atoms with Crippen LogP contribution in [-0.4, -0.2) is 42.1 Å². The van der Waals surface area contributed by atoms with Crippen LogP contribution in [0, 0.1) is 0 Å². The number of nitrogens with zero attached hydrogens (tertiary/aromatic N) is 2. The molecule has 2 aromatic rings. The Bertz CT molecular complexity index is 703. The maximum atomic E-state index is 12.6. The number of benzene rings is 1. The SMILES string of the molecule is CCCc1c(C(=O)NCC2CCCO2)cnn1-c1ccc(OC)cc1. The van der Waals surface area contributed by atoms with E-state index in [4.69, 9.17) is 9.47 Å². The summed E-state index contributed by atoms with van der Waals surface area (Å²) in [6.45, 7) is 3.44. The standard InChI is InChI=1S/C19H25N3O3/c1-3-5-18-17(19(23)20-12-16-6-4-11-25-16)13-21-22(18)14-7-9-15(24-2)10-8-14/h7-10,13,16H,3-6,11-12H2,1-2H3,(H,20,23). The topological polar surface area (TPSA) is 65.4 Å². The lowest BCUT2D eigenvalue weighted by Gasteiger charge is -2.12. The molecule has 25 heavy (non-hydrogen) atoms. The Morgan fingerprint density at radius 3 is 2.84 bits per heavy atom. The predicted octanol–water partition coefficient (Wildman–Crippen LogP) is 2.74. The summed E-state index contributed by atoms with van der Waals surface area (Å²) < 4.78 is 12.6. The minimum atomic E-state index is -0.0845. The number of rotatable bonds is 7. The first-order valence-electron chi connectivity index (χ1n) is 8.84. The predicted molar refractivity (Wildman–Crippen MR) is 95.4 cm³/mol. The van der Waals surface area contributed by atoms with E-state index in [1.165, 1.54) is 0 Å². The molecule has 6 heteroatoms. The van der Waals surface area contributed by atoms with Gasteiger partial charge in [0.2, 0.25) is 0 Å². The molecule has 1 unspecified atom stereocenters. The minimum absolute atomic E-state index is 0.0845. The first-order chi connectivity index (χ1) is 12.2. The van der Waals surface area contributed by atoms with Crippen LogP contribution < -0.4 is 10.1 Å². The van der Waals surface area contributed by atoms with Crippen LogP contribution in [0.2, 0.25) is 0 Å². The zero-order valence-corrected chi connectivity index (χ0v) is 14.8. The minimum Gasteiger partial charge on any atom is -0.497 e. The Hall–Kier alpha value is -2.34. The second-order valence-corrected chi connectivity index (χ2v) is 6.21. The van der Waals surface area contributed by atoms with Gasteiger partial charge in [0.05, 0.1) is 36.4 Å². The van der Waals surface area contributed by atoms with Crippen LogP contribution in [0.4, 0.5) is 0 Å². The molecule has 1 fully saturated rings. The molecule has 0 saturated carbocycles. The number of ether oxygens (including phenoxy) is 2. The third-order valence-electron chi connectivity index (χ3n) is 4.43. The normalized spacial score (nSPS) is 16.8. The fourth-order valence-corrected chi connectivity index (χ4v) is 3.09. The molecule has 0 radical (unpaired) electrons. The summed E-state index contributed by atoms with van der Waals surface area (Å²) in [5, 5.41) is 7.43. The Kier molecular flexibility index (Phi) is 5.71. The highest BCUT2D eigenvalue weighted by molar-refractivity contribution is 5.95. The number of carbonyl (C=O) groups excluding carboxylic acids is 1. The second kappa shape index (κ2) is 8.16. The van der Waals surface area contributed by atoms with Crippen LogP contribution in [0.5, 0.6) is 5.75 Å². The molecule has 1 saturated heterocycles. The van der Waals surface area contributed by atoms with Crippen LogP contribution in [0.15, 0.2) is 30.5 Å². The summed E-state index contributed by atoms with van der Waals surface area (Å²) >= 11 is 0. The zero-order valence-electron chi connectivity index (χ0n) is 14.8. The highest BCUT2D eigenvalue weighted by Gasteiger charge is 2.20. The van der Waals surface area contributed by atoms with E-state index in [9.17, 15) is 4.79 Å². The van der Waals surface area contributed by atoms with Gasteiger partial charge in [0, 0.05) is 13.2 Å². The lowest BCUT2D eigenvalue weighted by molar-refractivity contribution is 0.0857. The molecule has 1 aromatic heterocycles. The summed E-state index contributed by atoms with van der Waals surface area (Å²) in [6.07, 6.45) is 5.59. The lowest BCUT2D eigenvalue weighted by atomic mass is 10.1. The molecule has 1 aliphatic heterocycles. The van der Waals surface area contributed by atoms with E-state index in [0.717, 1.165) is 49.4 Å². The molecule has 0 aliphatic carbocycles. The fourth-order valence-electron chi connectivity index (χ4n) is 3.09. The second-order valence-electron chi connectivity index (χ2n) is 6.21. The van der Waals surface area contributed by atoms with Crippen LogP contribution in [0.25, 0.3) is 5.69 Å². The summed E-state index contributed by atoms with van der Waals surface area (Å²) in [5.41, 5.74) is 2.48. The van der Waals surface area contributed by atoms with Crippen molar-refractivity contribution in [1.82, 2.24) is 15.1 Å². The quantitative estimate of drug-likeness (QED) is 0.839. The van der Waals surface area contributed by atoms with E-state index in [0.29, 0.717) is 12.1 Å². The first-order valence-corrected chi connectivity index (χ1v) is 8.84. The van der Waals surface area contributed by atoms with Crippen molar-refractivity contribution < 1.29 is 14.3 Å². The van der Waals surface area contributed by atoms with Crippen LogP contribution in [0.3, 0.4) is 0 Å². The molecule has 0 spiro atoms. The van der Waals surface area contributed by atoms with Crippen LogP contribution >= 0.6 is 0 Å². The molecule has 3 rings (SSSR count). The number of aromatic nitrogens is 2. The van der Waals surface area contributed by atoms with Crippen molar-refractivity contribution in [3.8, 4) is 11.4 Å². The highest BCUT2D eigenvalue weighted by atomic mass is 16.5. The Morgan fingerprint density at radius 1 is 1.40 bits per heavy atom. The van der Waals surface area contributed by atoms with Gasteiger partial charge in [0.1, 0.15) is 5.75 Å². The smallest absolute Gasteiger partial charge is 0.254 e. The first kappa shape index (κ1) is 17.5. The van der Waals surface area contributed by atoms with E-state index in [1.54, 1.807) is 13.3 Å². The Labute approximate surface area is 148 Å². The molecule has 1 N–H and O–H groups in total. The number of hydrogen-bond acceptors (Lipinski definition) is 4. The highest BCUT2D eigenvalue weighted by Crippen LogP contribution is 2.20. The maximum Gasteiger partial charge on any atom is 0.254 e. The summed E-state index contributed by atoms with van der Waals surface area (Å²) in [7, 11) is 1.64. The van der Waals surface area contributed by atoms with Crippen molar-refractivity contribution in [3.63, 3.8) is 0 Å².